The van der Waals surface area contributed by atoms with E-state index in [0.29, 0.717) is 49.6 Å². The number of carboxylic acid groups (broad SMARTS) is 1. The van der Waals surface area contributed by atoms with Gasteiger partial charge in [0.05, 0.1) is 11.2 Å². The molecule has 1 aliphatic heterocycles. The molecule has 2 aromatic heterocycles. The SMILES string of the molecule is CCc1cc(Nc2cc(=O)n(CCCCN3CCN(c4cc5c(cc4F)c(=O)c(C(=O)O)cn5-c4ccc(F)cc4)CC3)c(=O)[nH]2)ccc1C. The first-order valence-electron chi connectivity index (χ1n) is 16.6. The zero-order chi connectivity index (χ0) is 35.5. The van der Waals surface area contributed by atoms with Crippen LogP contribution in [0.4, 0.5) is 26.0 Å². The maximum atomic E-state index is 15.5. The number of carbonyl (C=O) groups is 1. The number of nitrogens with one attached hydrogen (secondary N) is 2. The molecule has 0 aliphatic carbocycles. The molecule has 50 heavy (non-hydrogen) atoms. The van der Waals surface area contributed by atoms with E-state index in [9.17, 15) is 28.7 Å². The molecule has 3 aromatic carbocycles. The summed E-state index contributed by atoms with van der Waals surface area (Å²) in [5.41, 5.74) is 1.99. The third kappa shape index (κ3) is 7.22. The number of unbranched alkanes of at least 4 members (excludes halogenated alkanes) is 1. The van der Waals surface area contributed by atoms with Crippen molar-refractivity contribution in [2.24, 2.45) is 0 Å². The number of aromatic carboxylic acids is 1. The Bertz CT molecular complexity index is 2210. The summed E-state index contributed by atoms with van der Waals surface area (Å²) < 4.78 is 31.8. The Kier molecular flexibility index (Phi) is 9.95. The normalized spacial score (nSPS) is 13.6. The standard InChI is InChI=1S/C37H38F2N6O5/c1-3-24-18-26(9-6-23(24)2)40-33-21-34(46)44(37(50)41-33)13-5-4-12-42-14-16-43(17-15-42)32-20-31-28(19-30(32)39)35(47)29(36(48)49)22-45(31)27-10-7-25(38)8-11-27/h6-11,18-22,40H,3-5,12-17H2,1-2H3,(H,41,50)(H,48,49). The van der Waals surface area contributed by atoms with E-state index in [2.05, 4.69) is 22.1 Å². The fraction of sp³-hybridized carbons (Fsp3) is 0.297. The number of fused-ring (bicyclic) bond motifs is 1. The molecule has 5 aromatic rings. The topological polar surface area (TPSA) is 133 Å². The Balaban J connectivity index is 1.08. The molecule has 0 bridgehead atoms. The number of piperazine rings is 1. The zero-order valence-corrected chi connectivity index (χ0v) is 27.8. The van der Waals surface area contributed by atoms with E-state index in [4.69, 9.17) is 0 Å². The molecule has 0 amide bonds. The number of H-pyrrole nitrogens is 1. The number of nitrogens with zero attached hydrogens (tertiary/aromatic N) is 4. The van der Waals surface area contributed by atoms with Crippen LogP contribution in [0.1, 0.15) is 41.3 Å². The van der Waals surface area contributed by atoms with Crippen LogP contribution in [0.2, 0.25) is 0 Å². The quantitative estimate of drug-likeness (QED) is 0.165. The number of aryl methyl sites for hydroxylation is 2. The lowest BCUT2D eigenvalue weighted by atomic mass is 10.1. The van der Waals surface area contributed by atoms with Gasteiger partial charge in [0.25, 0.3) is 5.56 Å². The first kappa shape index (κ1) is 34.3. The highest BCUT2D eigenvalue weighted by atomic mass is 19.1. The van der Waals surface area contributed by atoms with Crippen molar-refractivity contribution >= 4 is 34.1 Å². The van der Waals surface area contributed by atoms with E-state index >= 15 is 4.39 Å². The van der Waals surface area contributed by atoms with E-state index in [1.165, 1.54) is 62.9 Å². The van der Waals surface area contributed by atoms with Gasteiger partial charge in [-0.2, -0.15) is 0 Å². The van der Waals surface area contributed by atoms with Gasteiger partial charge in [-0.1, -0.05) is 13.0 Å². The van der Waals surface area contributed by atoms with Gasteiger partial charge in [0, 0.05) is 61.7 Å². The van der Waals surface area contributed by atoms with Gasteiger partial charge in [0.1, 0.15) is 23.0 Å². The molecule has 6 rings (SSSR count). The highest BCUT2D eigenvalue weighted by molar-refractivity contribution is 5.94. The lowest BCUT2D eigenvalue weighted by molar-refractivity contribution is 0.0695. The number of hydrogen-bond acceptors (Lipinski definition) is 7. The summed E-state index contributed by atoms with van der Waals surface area (Å²) in [5, 5.41) is 12.6. The molecule has 0 atom stereocenters. The van der Waals surface area contributed by atoms with E-state index in [1.807, 2.05) is 30.0 Å². The fourth-order valence-electron chi connectivity index (χ4n) is 6.45. The minimum Gasteiger partial charge on any atom is -0.477 e. The van der Waals surface area contributed by atoms with Crippen LogP contribution in [0, 0.1) is 18.6 Å². The van der Waals surface area contributed by atoms with Crippen LogP contribution in [0.15, 0.2) is 81.2 Å². The van der Waals surface area contributed by atoms with Gasteiger partial charge < -0.3 is 19.9 Å². The van der Waals surface area contributed by atoms with Crippen LogP contribution < -0.4 is 26.9 Å². The molecule has 0 unspecified atom stereocenters. The number of benzene rings is 3. The Labute approximate surface area is 286 Å². The second kappa shape index (κ2) is 14.5. The van der Waals surface area contributed by atoms with Crippen molar-refractivity contribution in [3.63, 3.8) is 0 Å². The fourth-order valence-corrected chi connectivity index (χ4v) is 6.45. The number of pyridine rings is 1. The van der Waals surface area contributed by atoms with Crippen LogP contribution >= 0.6 is 0 Å². The largest absolute Gasteiger partial charge is 0.477 e. The van der Waals surface area contributed by atoms with Crippen molar-refractivity contribution in [3.05, 3.63) is 126 Å². The third-order valence-electron chi connectivity index (χ3n) is 9.26. The number of rotatable bonds is 11. The molecule has 1 aliphatic rings. The van der Waals surface area contributed by atoms with Crippen LogP contribution in [0.5, 0.6) is 0 Å². The Morgan fingerprint density at radius 3 is 2.32 bits per heavy atom. The predicted molar refractivity (Wildman–Crippen MR) is 189 cm³/mol. The summed E-state index contributed by atoms with van der Waals surface area (Å²) >= 11 is 0. The summed E-state index contributed by atoms with van der Waals surface area (Å²) in [4.78, 5) is 57.2. The number of aromatic nitrogens is 3. The lowest BCUT2D eigenvalue weighted by Gasteiger charge is -2.36. The zero-order valence-electron chi connectivity index (χ0n) is 27.8. The summed E-state index contributed by atoms with van der Waals surface area (Å²) in [5.74, 6) is -2.22. The Morgan fingerprint density at radius 1 is 0.920 bits per heavy atom. The molecule has 3 N–H and O–H groups in total. The molecule has 0 saturated carbocycles. The summed E-state index contributed by atoms with van der Waals surface area (Å²) in [7, 11) is 0. The first-order chi connectivity index (χ1) is 24.0. The van der Waals surface area contributed by atoms with Gasteiger partial charge in [-0.15, -0.1) is 0 Å². The van der Waals surface area contributed by atoms with Crippen LogP contribution in [-0.4, -0.2) is 62.8 Å². The summed E-state index contributed by atoms with van der Waals surface area (Å²) in [6.07, 6.45) is 3.42. The van der Waals surface area contributed by atoms with Crippen molar-refractivity contribution in [2.45, 2.75) is 39.7 Å². The second-order valence-electron chi connectivity index (χ2n) is 12.5. The minimum atomic E-state index is -1.44. The average Bonchev–Trinajstić information content (AvgIpc) is 3.09. The minimum absolute atomic E-state index is 0.0882. The van der Waals surface area contributed by atoms with Gasteiger partial charge in [-0.05, 0) is 92.4 Å². The van der Waals surface area contributed by atoms with E-state index in [0.717, 1.165) is 31.1 Å². The van der Waals surface area contributed by atoms with Crippen LogP contribution in [0.3, 0.4) is 0 Å². The highest BCUT2D eigenvalue weighted by Crippen LogP contribution is 2.28. The molecule has 13 heteroatoms. The smallest absolute Gasteiger partial charge is 0.341 e. The van der Waals surface area contributed by atoms with Crippen molar-refractivity contribution in [2.75, 3.05) is 42.9 Å². The number of hydrogen-bond donors (Lipinski definition) is 3. The summed E-state index contributed by atoms with van der Waals surface area (Å²) in [6, 6.07) is 15.3. The highest BCUT2D eigenvalue weighted by Gasteiger charge is 2.23. The predicted octanol–water partition coefficient (Wildman–Crippen LogP) is 5.03. The van der Waals surface area contributed by atoms with Crippen molar-refractivity contribution in [1.29, 1.82) is 0 Å². The molecule has 260 valence electrons. The van der Waals surface area contributed by atoms with Crippen LogP contribution in [-0.2, 0) is 13.0 Å². The molecular weight excluding hydrogens is 646 g/mol. The van der Waals surface area contributed by atoms with Crippen molar-refractivity contribution in [3.8, 4) is 5.69 Å². The lowest BCUT2D eigenvalue weighted by Crippen LogP contribution is -2.47. The van der Waals surface area contributed by atoms with E-state index < -0.39 is 34.3 Å². The number of carboxylic acids is 1. The van der Waals surface area contributed by atoms with Gasteiger partial charge in [-0.25, -0.2) is 18.4 Å². The Morgan fingerprint density at radius 2 is 1.64 bits per heavy atom. The molecule has 1 fully saturated rings. The van der Waals surface area contributed by atoms with E-state index in [-0.39, 0.29) is 23.2 Å². The van der Waals surface area contributed by atoms with Gasteiger partial charge in [-0.3, -0.25) is 24.0 Å². The number of anilines is 3. The summed E-state index contributed by atoms with van der Waals surface area (Å²) in [6.45, 7) is 7.41. The number of aromatic amines is 1. The monoisotopic (exact) mass is 684 g/mol. The maximum Gasteiger partial charge on any atom is 0.341 e. The molecule has 0 radical (unpaired) electrons. The molecule has 3 heterocycles. The van der Waals surface area contributed by atoms with Crippen molar-refractivity contribution in [1.82, 2.24) is 19.0 Å². The molecule has 1 saturated heterocycles. The van der Waals surface area contributed by atoms with Crippen molar-refractivity contribution < 1.29 is 18.7 Å². The molecular formula is C37H38F2N6O5. The average molecular weight is 685 g/mol. The molecule has 0 spiro atoms. The Hall–Kier alpha value is -5.56. The third-order valence-corrected chi connectivity index (χ3v) is 9.26. The van der Waals surface area contributed by atoms with Gasteiger partial charge in [0.15, 0.2) is 0 Å². The van der Waals surface area contributed by atoms with Gasteiger partial charge in [0.2, 0.25) is 5.43 Å². The van der Waals surface area contributed by atoms with Crippen LogP contribution in [0.25, 0.3) is 16.6 Å². The first-order valence-corrected chi connectivity index (χ1v) is 16.6. The van der Waals surface area contributed by atoms with Gasteiger partial charge >= 0.3 is 11.7 Å². The molecule has 11 nitrogen and oxygen atoms in total. The number of halogens is 2. The maximum absolute atomic E-state index is 15.5. The van der Waals surface area contributed by atoms with E-state index in [1.54, 1.807) is 0 Å². The second-order valence-corrected chi connectivity index (χ2v) is 12.5.